The topological polar surface area (TPSA) is 38.3 Å². The molecule has 7 heteroatoms. The largest absolute Gasteiger partial charge is 0.481 e. The highest BCUT2D eigenvalue weighted by Crippen LogP contribution is 2.33. The van der Waals surface area contributed by atoms with E-state index in [2.05, 4.69) is 5.32 Å². The van der Waals surface area contributed by atoms with Crippen molar-refractivity contribution in [3.05, 3.63) is 58.6 Å². The van der Waals surface area contributed by atoms with Crippen molar-refractivity contribution in [3.63, 3.8) is 0 Å². The fraction of sp³-hybridized carbons (Fsp3) is 0.278. The zero-order valence-electron chi connectivity index (χ0n) is 13.7. The van der Waals surface area contributed by atoms with E-state index in [1.807, 2.05) is 19.1 Å². The molecule has 134 valence electrons. The quantitative estimate of drug-likeness (QED) is 0.771. The van der Waals surface area contributed by atoms with Crippen LogP contribution in [0.2, 0.25) is 5.02 Å². The van der Waals surface area contributed by atoms with E-state index in [1.54, 1.807) is 12.1 Å². The van der Waals surface area contributed by atoms with Gasteiger partial charge in [0.25, 0.3) is 5.91 Å². The molecule has 1 atom stereocenters. The lowest BCUT2D eigenvalue weighted by molar-refractivity contribution is -0.137. The van der Waals surface area contributed by atoms with Crippen molar-refractivity contribution in [1.29, 1.82) is 0 Å². The van der Waals surface area contributed by atoms with Crippen LogP contribution in [0, 0.1) is 0 Å². The number of amides is 1. The summed E-state index contributed by atoms with van der Waals surface area (Å²) in [6, 6.07) is 9.97. The molecule has 25 heavy (non-hydrogen) atoms. The summed E-state index contributed by atoms with van der Waals surface area (Å²) >= 11 is 5.87. The van der Waals surface area contributed by atoms with Gasteiger partial charge in [0.2, 0.25) is 0 Å². The molecule has 1 N–H and O–H groups in total. The number of nitrogens with one attached hydrogen (secondary N) is 1. The number of aryl methyl sites for hydroxylation is 1. The van der Waals surface area contributed by atoms with Crippen LogP contribution in [0.3, 0.4) is 0 Å². The Labute approximate surface area is 148 Å². The number of hydrogen-bond acceptors (Lipinski definition) is 2. The minimum absolute atomic E-state index is 0.0147. The van der Waals surface area contributed by atoms with Crippen LogP contribution in [0.1, 0.15) is 25.0 Å². The number of halogens is 4. The van der Waals surface area contributed by atoms with Gasteiger partial charge in [0, 0.05) is 0 Å². The van der Waals surface area contributed by atoms with Gasteiger partial charge in [0.15, 0.2) is 6.10 Å². The van der Waals surface area contributed by atoms with Crippen LogP contribution in [0.25, 0.3) is 0 Å². The normalized spacial score (nSPS) is 12.6. The zero-order valence-corrected chi connectivity index (χ0v) is 14.4. The Morgan fingerprint density at radius 1 is 1.20 bits per heavy atom. The van der Waals surface area contributed by atoms with Crippen molar-refractivity contribution in [2.75, 3.05) is 5.32 Å². The van der Waals surface area contributed by atoms with Gasteiger partial charge >= 0.3 is 6.18 Å². The number of ether oxygens (including phenoxy) is 1. The van der Waals surface area contributed by atoms with Crippen molar-refractivity contribution in [2.45, 2.75) is 32.5 Å². The molecule has 0 spiro atoms. The third kappa shape index (κ3) is 5.13. The molecule has 0 aromatic heterocycles. The molecule has 2 rings (SSSR count). The highest BCUT2D eigenvalue weighted by molar-refractivity contribution is 6.33. The molecule has 1 amide bonds. The van der Waals surface area contributed by atoms with E-state index >= 15 is 0 Å². The van der Waals surface area contributed by atoms with Crippen LogP contribution in [0.15, 0.2) is 42.5 Å². The maximum atomic E-state index is 12.8. The van der Waals surface area contributed by atoms with Gasteiger partial charge in [-0.1, -0.05) is 30.7 Å². The van der Waals surface area contributed by atoms with E-state index in [0.717, 1.165) is 30.2 Å². The van der Waals surface area contributed by atoms with Crippen molar-refractivity contribution < 1.29 is 22.7 Å². The molecule has 0 bridgehead atoms. The molecule has 3 nitrogen and oxygen atoms in total. The number of anilines is 1. The first-order valence-corrected chi connectivity index (χ1v) is 8.01. The maximum Gasteiger partial charge on any atom is 0.416 e. The molecule has 0 aliphatic heterocycles. The zero-order chi connectivity index (χ0) is 18.6. The van der Waals surface area contributed by atoms with E-state index < -0.39 is 23.8 Å². The van der Waals surface area contributed by atoms with Crippen LogP contribution in [-0.2, 0) is 17.4 Å². The lowest BCUT2D eigenvalue weighted by Gasteiger charge is -2.16. The SMILES string of the molecule is CCc1ccc(OC(C)C(=O)Nc2cc(C(F)(F)F)ccc2Cl)cc1. The Balaban J connectivity index is 2.07. The third-order valence-electron chi connectivity index (χ3n) is 3.57. The predicted molar refractivity (Wildman–Crippen MR) is 91.0 cm³/mol. The summed E-state index contributed by atoms with van der Waals surface area (Å²) in [5.41, 5.74) is 0.120. The molecule has 0 aliphatic carbocycles. The molecule has 0 aliphatic rings. The summed E-state index contributed by atoms with van der Waals surface area (Å²) in [6.07, 6.45) is -4.55. The van der Waals surface area contributed by atoms with Crippen molar-refractivity contribution >= 4 is 23.2 Å². The van der Waals surface area contributed by atoms with Crippen LogP contribution < -0.4 is 10.1 Å². The number of alkyl halides is 3. The number of hydrogen-bond donors (Lipinski definition) is 1. The van der Waals surface area contributed by atoms with Gasteiger partial charge in [-0.3, -0.25) is 4.79 Å². The lowest BCUT2D eigenvalue weighted by Crippen LogP contribution is -2.30. The number of carbonyl (C=O) groups is 1. The van der Waals surface area contributed by atoms with Crippen LogP contribution in [0.5, 0.6) is 5.75 Å². The van der Waals surface area contributed by atoms with Gasteiger partial charge in [-0.2, -0.15) is 13.2 Å². The first kappa shape index (κ1) is 19.1. The summed E-state index contributed by atoms with van der Waals surface area (Å²) in [4.78, 5) is 12.2. The van der Waals surface area contributed by atoms with Gasteiger partial charge in [0.1, 0.15) is 5.75 Å². The smallest absolute Gasteiger partial charge is 0.416 e. The second-order valence-corrected chi connectivity index (χ2v) is 5.85. The molecule has 0 saturated carbocycles. The fourth-order valence-corrected chi connectivity index (χ4v) is 2.26. The third-order valence-corrected chi connectivity index (χ3v) is 3.89. The molecule has 0 heterocycles. The van der Waals surface area contributed by atoms with Gasteiger partial charge in [-0.05, 0) is 49.2 Å². The minimum atomic E-state index is -4.52. The number of benzene rings is 2. The molecule has 0 saturated heterocycles. The Morgan fingerprint density at radius 3 is 2.40 bits per heavy atom. The highest BCUT2D eigenvalue weighted by atomic mass is 35.5. The molecular formula is C18H17ClF3NO2. The summed E-state index contributed by atoms with van der Waals surface area (Å²) in [5, 5.41) is 2.38. The molecule has 2 aromatic rings. The van der Waals surface area contributed by atoms with Crippen LogP contribution in [0.4, 0.5) is 18.9 Å². The minimum Gasteiger partial charge on any atom is -0.481 e. The highest BCUT2D eigenvalue weighted by Gasteiger charge is 2.31. The lowest BCUT2D eigenvalue weighted by atomic mass is 10.2. The maximum absolute atomic E-state index is 12.8. The van der Waals surface area contributed by atoms with E-state index in [4.69, 9.17) is 16.3 Å². The molecule has 0 radical (unpaired) electrons. The van der Waals surface area contributed by atoms with Gasteiger partial charge in [0.05, 0.1) is 16.3 Å². The Kier molecular flexibility index (Phi) is 5.95. The summed E-state index contributed by atoms with van der Waals surface area (Å²) in [6.45, 7) is 3.52. The van der Waals surface area contributed by atoms with Crippen molar-refractivity contribution in [2.24, 2.45) is 0 Å². The van der Waals surface area contributed by atoms with E-state index in [1.165, 1.54) is 6.92 Å². The average Bonchev–Trinajstić information content (AvgIpc) is 2.56. The first-order chi connectivity index (χ1) is 11.7. The molecule has 1 unspecified atom stereocenters. The molecular weight excluding hydrogens is 355 g/mol. The number of carbonyl (C=O) groups excluding carboxylic acids is 1. The first-order valence-electron chi connectivity index (χ1n) is 7.64. The van der Waals surface area contributed by atoms with Crippen molar-refractivity contribution in [1.82, 2.24) is 0 Å². The predicted octanol–water partition coefficient (Wildman–Crippen LogP) is 5.33. The second-order valence-electron chi connectivity index (χ2n) is 5.44. The van der Waals surface area contributed by atoms with Crippen molar-refractivity contribution in [3.8, 4) is 5.75 Å². The van der Waals surface area contributed by atoms with E-state index in [9.17, 15) is 18.0 Å². The van der Waals surface area contributed by atoms with Crippen LogP contribution in [-0.4, -0.2) is 12.0 Å². The number of rotatable bonds is 5. The van der Waals surface area contributed by atoms with Gasteiger partial charge in [-0.25, -0.2) is 0 Å². The standard InChI is InChI=1S/C18H17ClF3NO2/c1-3-12-4-7-14(8-5-12)25-11(2)17(24)23-16-10-13(18(20,21)22)6-9-15(16)19/h4-11H,3H2,1-2H3,(H,23,24). The van der Waals surface area contributed by atoms with Gasteiger partial charge < -0.3 is 10.1 Å². The molecule has 0 fully saturated rings. The van der Waals surface area contributed by atoms with E-state index in [-0.39, 0.29) is 10.7 Å². The fourth-order valence-electron chi connectivity index (χ4n) is 2.09. The Hall–Kier alpha value is -2.21. The van der Waals surface area contributed by atoms with E-state index in [0.29, 0.717) is 5.75 Å². The van der Waals surface area contributed by atoms with Crippen LogP contribution >= 0.6 is 11.6 Å². The Morgan fingerprint density at radius 2 is 1.84 bits per heavy atom. The Bertz CT molecular complexity index is 745. The summed E-state index contributed by atoms with van der Waals surface area (Å²) < 4.78 is 43.8. The van der Waals surface area contributed by atoms with Gasteiger partial charge in [-0.15, -0.1) is 0 Å². The summed E-state index contributed by atoms with van der Waals surface area (Å²) in [7, 11) is 0. The average molecular weight is 372 g/mol. The summed E-state index contributed by atoms with van der Waals surface area (Å²) in [5.74, 6) is -0.101. The molecule has 2 aromatic carbocycles. The monoisotopic (exact) mass is 371 g/mol. The second kappa shape index (κ2) is 7.78.